The van der Waals surface area contributed by atoms with Gasteiger partial charge in [-0.05, 0) is 64.1 Å². The third-order valence-corrected chi connectivity index (χ3v) is 6.77. The maximum Gasteiger partial charge on any atom is 0.0359 e. The predicted molar refractivity (Wildman–Crippen MR) is 92.7 cm³/mol. The Bertz CT molecular complexity index is 292. The lowest BCUT2D eigenvalue weighted by atomic mass is 9.66. The van der Waals surface area contributed by atoms with Crippen molar-refractivity contribution in [2.24, 2.45) is 11.8 Å². The highest BCUT2D eigenvalue weighted by atomic mass is 15.2. The Morgan fingerprint density at radius 2 is 1.62 bits per heavy atom. The van der Waals surface area contributed by atoms with Gasteiger partial charge in [0.1, 0.15) is 0 Å². The SMILES string of the molecule is CCC1CCCCC1C(NC)C(CC)(CC)N1CCCC1. The van der Waals surface area contributed by atoms with Crippen molar-refractivity contribution < 1.29 is 0 Å². The second kappa shape index (κ2) is 7.97. The number of hydrogen-bond acceptors (Lipinski definition) is 2. The lowest BCUT2D eigenvalue weighted by Crippen LogP contribution is -2.63. The lowest BCUT2D eigenvalue weighted by Gasteiger charge is -2.52. The molecule has 0 radical (unpaired) electrons. The Kier molecular flexibility index (Phi) is 6.55. The molecule has 1 heterocycles. The van der Waals surface area contributed by atoms with Crippen molar-refractivity contribution in [3.05, 3.63) is 0 Å². The smallest absolute Gasteiger partial charge is 0.0359 e. The molecule has 1 saturated heterocycles. The van der Waals surface area contributed by atoms with Gasteiger partial charge < -0.3 is 5.32 Å². The van der Waals surface area contributed by atoms with E-state index in [0.717, 1.165) is 11.8 Å². The molecular weight excluding hydrogens is 256 g/mol. The van der Waals surface area contributed by atoms with Crippen LogP contribution in [0.4, 0.5) is 0 Å². The minimum Gasteiger partial charge on any atom is -0.315 e. The molecule has 0 bridgehead atoms. The van der Waals surface area contributed by atoms with E-state index in [-0.39, 0.29) is 0 Å². The molecule has 2 nitrogen and oxygen atoms in total. The van der Waals surface area contributed by atoms with Gasteiger partial charge in [0.05, 0.1) is 0 Å². The highest BCUT2D eigenvalue weighted by Crippen LogP contribution is 2.42. The minimum atomic E-state index is 0.390. The van der Waals surface area contributed by atoms with E-state index < -0.39 is 0 Å². The summed E-state index contributed by atoms with van der Waals surface area (Å²) >= 11 is 0. The van der Waals surface area contributed by atoms with Crippen molar-refractivity contribution in [3.8, 4) is 0 Å². The predicted octanol–water partition coefficient (Wildman–Crippen LogP) is 4.45. The Labute approximate surface area is 133 Å². The highest BCUT2D eigenvalue weighted by Gasteiger charge is 2.46. The Morgan fingerprint density at radius 3 is 2.14 bits per heavy atom. The molecule has 1 aliphatic heterocycles. The van der Waals surface area contributed by atoms with Gasteiger partial charge in [-0.15, -0.1) is 0 Å². The lowest BCUT2D eigenvalue weighted by molar-refractivity contribution is 0.0142. The van der Waals surface area contributed by atoms with Crippen LogP contribution in [0, 0.1) is 11.8 Å². The molecule has 3 atom stereocenters. The molecular formula is C19H38N2. The van der Waals surface area contributed by atoms with Gasteiger partial charge >= 0.3 is 0 Å². The maximum absolute atomic E-state index is 3.81. The fourth-order valence-corrected chi connectivity index (χ4v) is 5.56. The van der Waals surface area contributed by atoms with Crippen LogP contribution in [0.2, 0.25) is 0 Å². The Balaban J connectivity index is 2.25. The fraction of sp³-hybridized carbons (Fsp3) is 1.00. The summed E-state index contributed by atoms with van der Waals surface area (Å²) in [4.78, 5) is 2.84. The first-order valence-corrected chi connectivity index (χ1v) is 9.65. The molecule has 0 aromatic carbocycles. The molecule has 0 aromatic heterocycles. The number of nitrogens with zero attached hydrogens (tertiary/aromatic N) is 1. The van der Waals surface area contributed by atoms with Crippen LogP contribution in [-0.4, -0.2) is 36.6 Å². The molecule has 0 amide bonds. The second-order valence-corrected chi connectivity index (χ2v) is 7.39. The van der Waals surface area contributed by atoms with Crippen molar-refractivity contribution in [2.75, 3.05) is 20.1 Å². The average molecular weight is 295 g/mol. The Morgan fingerprint density at radius 1 is 1.00 bits per heavy atom. The molecule has 0 spiro atoms. The van der Waals surface area contributed by atoms with E-state index >= 15 is 0 Å². The number of nitrogens with one attached hydrogen (secondary N) is 1. The van der Waals surface area contributed by atoms with Crippen LogP contribution in [0.15, 0.2) is 0 Å². The van der Waals surface area contributed by atoms with E-state index in [2.05, 4.69) is 38.0 Å². The molecule has 2 aliphatic rings. The van der Waals surface area contributed by atoms with E-state index in [1.54, 1.807) is 0 Å². The zero-order chi connectivity index (χ0) is 15.3. The summed E-state index contributed by atoms with van der Waals surface area (Å²) in [5.41, 5.74) is 0.390. The van der Waals surface area contributed by atoms with E-state index in [4.69, 9.17) is 0 Å². The summed E-state index contributed by atoms with van der Waals surface area (Å²) in [6, 6.07) is 0.677. The summed E-state index contributed by atoms with van der Waals surface area (Å²) in [5, 5.41) is 3.81. The van der Waals surface area contributed by atoms with Gasteiger partial charge in [0.15, 0.2) is 0 Å². The molecule has 1 aliphatic carbocycles. The van der Waals surface area contributed by atoms with Crippen molar-refractivity contribution in [1.82, 2.24) is 10.2 Å². The molecule has 1 saturated carbocycles. The molecule has 0 aromatic rings. The minimum absolute atomic E-state index is 0.390. The van der Waals surface area contributed by atoms with Crippen LogP contribution >= 0.6 is 0 Å². The zero-order valence-electron chi connectivity index (χ0n) is 15.0. The van der Waals surface area contributed by atoms with Gasteiger partial charge in [-0.1, -0.05) is 46.5 Å². The average Bonchev–Trinajstić information content (AvgIpc) is 3.07. The largest absolute Gasteiger partial charge is 0.315 e. The molecule has 21 heavy (non-hydrogen) atoms. The van der Waals surface area contributed by atoms with Gasteiger partial charge in [0.25, 0.3) is 0 Å². The number of hydrogen-bond donors (Lipinski definition) is 1. The quantitative estimate of drug-likeness (QED) is 0.746. The maximum atomic E-state index is 3.81. The van der Waals surface area contributed by atoms with Gasteiger partial charge in [0.2, 0.25) is 0 Å². The first-order valence-electron chi connectivity index (χ1n) is 9.65. The fourth-order valence-electron chi connectivity index (χ4n) is 5.56. The van der Waals surface area contributed by atoms with Gasteiger partial charge in [-0.2, -0.15) is 0 Å². The standard InChI is InChI=1S/C19H38N2/c1-5-16-12-8-9-13-17(16)18(20-4)19(6-2,7-3)21-14-10-11-15-21/h16-18,20H,5-15H2,1-4H3. The van der Waals surface area contributed by atoms with E-state index in [0.29, 0.717) is 11.6 Å². The van der Waals surface area contributed by atoms with E-state index in [1.807, 2.05) is 0 Å². The van der Waals surface area contributed by atoms with Gasteiger partial charge in [-0.25, -0.2) is 0 Å². The number of likely N-dealkylation sites (N-methyl/N-ethyl adjacent to an activating group) is 1. The monoisotopic (exact) mass is 294 g/mol. The third-order valence-electron chi connectivity index (χ3n) is 6.77. The highest BCUT2D eigenvalue weighted by molar-refractivity contribution is 5.04. The normalized spacial score (nSPS) is 29.7. The molecule has 2 fully saturated rings. The van der Waals surface area contributed by atoms with Crippen molar-refractivity contribution in [2.45, 2.75) is 90.1 Å². The van der Waals surface area contributed by atoms with Crippen LogP contribution in [0.25, 0.3) is 0 Å². The van der Waals surface area contributed by atoms with Crippen LogP contribution in [-0.2, 0) is 0 Å². The van der Waals surface area contributed by atoms with E-state index in [1.165, 1.54) is 70.9 Å². The molecule has 1 N–H and O–H groups in total. The molecule has 3 unspecified atom stereocenters. The zero-order valence-corrected chi connectivity index (χ0v) is 15.0. The van der Waals surface area contributed by atoms with Crippen LogP contribution in [0.1, 0.15) is 78.6 Å². The summed E-state index contributed by atoms with van der Waals surface area (Å²) in [5.74, 6) is 1.82. The van der Waals surface area contributed by atoms with Crippen molar-refractivity contribution in [3.63, 3.8) is 0 Å². The first kappa shape index (κ1) is 17.3. The molecule has 2 heteroatoms. The summed E-state index contributed by atoms with van der Waals surface area (Å²) < 4.78 is 0. The van der Waals surface area contributed by atoms with Gasteiger partial charge in [0, 0.05) is 11.6 Å². The van der Waals surface area contributed by atoms with Crippen LogP contribution < -0.4 is 5.32 Å². The second-order valence-electron chi connectivity index (χ2n) is 7.39. The van der Waals surface area contributed by atoms with Gasteiger partial charge in [-0.3, -0.25) is 4.90 Å². The number of rotatable bonds is 7. The summed E-state index contributed by atoms with van der Waals surface area (Å²) in [6.45, 7) is 9.91. The molecule has 2 rings (SSSR count). The first-order chi connectivity index (χ1) is 10.2. The number of likely N-dealkylation sites (tertiary alicyclic amines) is 1. The molecule has 124 valence electrons. The summed E-state index contributed by atoms with van der Waals surface area (Å²) in [7, 11) is 2.22. The summed E-state index contributed by atoms with van der Waals surface area (Å²) in [6.07, 6.45) is 12.6. The van der Waals surface area contributed by atoms with E-state index in [9.17, 15) is 0 Å². The van der Waals surface area contributed by atoms with Crippen molar-refractivity contribution >= 4 is 0 Å². The topological polar surface area (TPSA) is 15.3 Å². The third kappa shape index (κ3) is 3.32. The Hall–Kier alpha value is -0.0800. The van der Waals surface area contributed by atoms with Crippen molar-refractivity contribution in [1.29, 1.82) is 0 Å². The van der Waals surface area contributed by atoms with Crippen LogP contribution in [0.3, 0.4) is 0 Å². The van der Waals surface area contributed by atoms with Crippen LogP contribution in [0.5, 0.6) is 0 Å².